The van der Waals surface area contributed by atoms with E-state index in [9.17, 15) is 0 Å². The third-order valence-corrected chi connectivity index (χ3v) is 11.5. The minimum absolute atomic E-state index is 1.06. The maximum Gasteiger partial charge on any atom is 0.185 e. The third kappa shape index (κ3) is 1.69. The molecule has 0 fully saturated rings. The molecule has 1 spiro atoms. The van der Waals surface area contributed by atoms with Crippen LogP contribution in [0.1, 0.15) is 0 Å². The fourth-order valence-electron chi connectivity index (χ4n) is 5.57. The molecule has 2 aliphatic heterocycles. The first-order valence-electron chi connectivity index (χ1n) is 9.94. The van der Waals surface area contributed by atoms with Gasteiger partial charge in [0.15, 0.2) is 8.07 Å². The summed E-state index contributed by atoms with van der Waals surface area (Å²) in [6, 6.07) is 31.2. The summed E-state index contributed by atoms with van der Waals surface area (Å²) >= 11 is 0. The molecule has 0 amide bonds. The van der Waals surface area contributed by atoms with Gasteiger partial charge in [0, 0.05) is 12.4 Å². The Bertz CT molecular complexity index is 1430. The van der Waals surface area contributed by atoms with E-state index in [0.29, 0.717) is 0 Å². The van der Waals surface area contributed by atoms with Crippen molar-refractivity contribution < 1.29 is 0 Å². The van der Waals surface area contributed by atoms with Gasteiger partial charge in [-0.05, 0) is 54.8 Å². The molecule has 4 heterocycles. The van der Waals surface area contributed by atoms with Crippen molar-refractivity contribution in [3.8, 4) is 22.5 Å². The predicted molar refractivity (Wildman–Crippen MR) is 121 cm³/mol. The van der Waals surface area contributed by atoms with Crippen LogP contribution in [0.5, 0.6) is 0 Å². The minimum Gasteiger partial charge on any atom is -0.255 e. The zero-order valence-corrected chi connectivity index (χ0v) is 16.6. The summed E-state index contributed by atoms with van der Waals surface area (Å²) in [4.78, 5) is 9.60. The summed E-state index contributed by atoms with van der Waals surface area (Å²) in [6.07, 6.45) is 3.79. The molecule has 3 aromatic carbocycles. The molecule has 0 atom stereocenters. The maximum atomic E-state index is 4.80. The summed E-state index contributed by atoms with van der Waals surface area (Å²) in [5, 5.41) is 8.31. The third-order valence-electron chi connectivity index (χ3n) is 6.58. The summed E-state index contributed by atoms with van der Waals surface area (Å²) in [5.41, 5.74) is 4.89. The number of rotatable bonds is 0. The minimum atomic E-state index is -2.39. The normalized spacial score (nSPS) is 14.5. The van der Waals surface area contributed by atoms with E-state index in [1.165, 1.54) is 42.6 Å². The predicted octanol–water partition coefficient (Wildman–Crippen LogP) is 2.97. The van der Waals surface area contributed by atoms with Crippen molar-refractivity contribution in [2.24, 2.45) is 0 Å². The fraction of sp³-hybridized carbons (Fsp3) is 0. The van der Waals surface area contributed by atoms with Crippen LogP contribution in [0.2, 0.25) is 0 Å². The molecule has 0 N–H and O–H groups in total. The zero-order valence-electron chi connectivity index (χ0n) is 15.6. The van der Waals surface area contributed by atoms with Gasteiger partial charge in [-0.1, -0.05) is 72.8 Å². The molecular formula is C26H16N2Si. The molecule has 0 saturated carbocycles. The maximum absolute atomic E-state index is 4.80. The molecule has 0 unspecified atom stereocenters. The van der Waals surface area contributed by atoms with Crippen LogP contribution in [-0.2, 0) is 0 Å². The van der Waals surface area contributed by atoms with Crippen molar-refractivity contribution in [1.29, 1.82) is 0 Å². The molecule has 2 nitrogen and oxygen atoms in total. The lowest BCUT2D eigenvalue weighted by Crippen LogP contribution is -2.70. The Kier molecular flexibility index (Phi) is 2.80. The Labute approximate surface area is 169 Å². The molecular weight excluding hydrogens is 368 g/mol. The molecule has 5 aromatic rings. The van der Waals surface area contributed by atoms with Gasteiger partial charge in [0.05, 0.1) is 11.4 Å². The Morgan fingerprint density at radius 2 is 1.17 bits per heavy atom. The highest BCUT2D eigenvalue weighted by Gasteiger charge is 2.55. The Balaban J connectivity index is 1.76. The van der Waals surface area contributed by atoms with Gasteiger partial charge in [-0.2, -0.15) is 0 Å². The van der Waals surface area contributed by atoms with Crippen molar-refractivity contribution in [1.82, 2.24) is 9.97 Å². The zero-order chi connectivity index (χ0) is 19.0. The van der Waals surface area contributed by atoms with Gasteiger partial charge in [-0.3, -0.25) is 9.97 Å². The van der Waals surface area contributed by atoms with Crippen LogP contribution in [0.15, 0.2) is 97.3 Å². The first-order valence-corrected chi connectivity index (χ1v) is 11.9. The van der Waals surface area contributed by atoms with Crippen molar-refractivity contribution in [3.63, 3.8) is 0 Å². The number of hydrogen-bond donors (Lipinski definition) is 0. The highest BCUT2D eigenvalue weighted by Crippen LogP contribution is 2.37. The Morgan fingerprint density at radius 1 is 0.517 bits per heavy atom. The van der Waals surface area contributed by atoms with E-state index >= 15 is 0 Å². The van der Waals surface area contributed by atoms with Crippen molar-refractivity contribution >= 4 is 39.6 Å². The number of fused-ring (bicyclic) bond motifs is 12. The van der Waals surface area contributed by atoms with Crippen molar-refractivity contribution in [2.45, 2.75) is 0 Å². The van der Waals surface area contributed by atoms with E-state index in [0.717, 1.165) is 11.4 Å². The second-order valence-corrected chi connectivity index (χ2v) is 11.5. The molecule has 0 radical (unpaired) electrons. The van der Waals surface area contributed by atoms with Gasteiger partial charge < -0.3 is 0 Å². The van der Waals surface area contributed by atoms with Crippen LogP contribution >= 0.6 is 0 Å². The largest absolute Gasteiger partial charge is 0.255 e. The van der Waals surface area contributed by atoms with Crippen LogP contribution in [0.25, 0.3) is 33.3 Å². The van der Waals surface area contributed by atoms with Gasteiger partial charge in [-0.15, -0.1) is 0 Å². The molecule has 2 aromatic heterocycles. The van der Waals surface area contributed by atoms with Crippen LogP contribution in [-0.4, -0.2) is 18.0 Å². The Morgan fingerprint density at radius 3 is 1.97 bits per heavy atom. The number of pyridine rings is 2. The van der Waals surface area contributed by atoms with Gasteiger partial charge in [-0.25, -0.2) is 0 Å². The molecule has 0 bridgehead atoms. The summed E-state index contributed by atoms with van der Waals surface area (Å²) in [5.74, 6) is 0. The summed E-state index contributed by atoms with van der Waals surface area (Å²) in [6.45, 7) is 0. The number of aromatic nitrogens is 2. The molecule has 0 aliphatic carbocycles. The monoisotopic (exact) mass is 384 g/mol. The lowest BCUT2D eigenvalue weighted by Gasteiger charge is -2.27. The number of hydrogen-bond acceptors (Lipinski definition) is 2. The highest BCUT2D eigenvalue weighted by molar-refractivity contribution is 7.24. The first-order chi connectivity index (χ1) is 14.4. The quantitative estimate of drug-likeness (QED) is 0.376. The van der Waals surface area contributed by atoms with Crippen molar-refractivity contribution in [2.75, 3.05) is 0 Å². The average molecular weight is 385 g/mol. The second-order valence-electron chi connectivity index (χ2n) is 7.80. The lowest BCUT2D eigenvalue weighted by atomic mass is 9.98. The smallest absolute Gasteiger partial charge is 0.185 e. The molecule has 0 saturated heterocycles. The van der Waals surface area contributed by atoms with E-state index in [4.69, 9.17) is 9.97 Å². The van der Waals surface area contributed by atoms with E-state index in [-0.39, 0.29) is 0 Å². The van der Waals surface area contributed by atoms with E-state index in [1.807, 2.05) is 12.4 Å². The van der Waals surface area contributed by atoms with Crippen LogP contribution in [0, 0.1) is 0 Å². The summed E-state index contributed by atoms with van der Waals surface area (Å²) < 4.78 is 0. The first kappa shape index (κ1) is 15.4. The molecule has 29 heavy (non-hydrogen) atoms. The van der Waals surface area contributed by atoms with Crippen LogP contribution in [0.4, 0.5) is 0 Å². The van der Waals surface area contributed by atoms with E-state index in [2.05, 4.69) is 84.9 Å². The van der Waals surface area contributed by atoms with Gasteiger partial charge >= 0.3 is 0 Å². The Hall–Kier alpha value is -3.56. The van der Waals surface area contributed by atoms with E-state index in [1.54, 1.807) is 0 Å². The molecule has 134 valence electrons. The standard InChI is InChI=1S/C26H16N2Si/c1-2-8-18-17(7-1)13-14-21-24(18)19-9-3-4-10-20(19)29(21)22-11-5-15-27-25(22)26-23(29)12-6-16-28-26/h1-16H. The van der Waals surface area contributed by atoms with Crippen LogP contribution < -0.4 is 20.7 Å². The molecule has 2 aliphatic rings. The topological polar surface area (TPSA) is 25.8 Å². The van der Waals surface area contributed by atoms with Gasteiger partial charge in [0.2, 0.25) is 0 Å². The highest BCUT2D eigenvalue weighted by atomic mass is 28.3. The SMILES string of the molecule is c1ccc2c(c1)-c1c(ccc3ccccc13)[Si]21c2cccnc2-c2ncccc21. The second kappa shape index (κ2) is 5.28. The fourth-order valence-corrected chi connectivity index (χ4v) is 11.0. The average Bonchev–Trinajstić information content (AvgIpc) is 3.27. The lowest BCUT2D eigenvalue weighted by molar-refractivity contribution is 1.28. The van der Waals surface area contributed by atoms with Gasteiger partial charge in [0.25, 0.3) is 0 Å². The summed E-state index contributed by atoms with van der Waals surface area (Å²) in [7, 11) is -2.39. The van der Waals surface area contributed by atoms with Gasteiger partial charge in [0.1, 0.15) is 0 Å². The molecule has 3 heteroatoms. The number of nitrogens with zero attached hydrogens (tertiary/aromatic N) is 2. The molecule has 7 rings (SSSR count). The van der Waals surface area contributed by atoms with Crippen molar-refractivity contribution in [3.05, 3.63) is 97.3 Å². The number of benzene rings is 3. The van der Waals surface area contributed by atoms with Crippen LogP contribution in [0.3, 0.4) is 0 Å². The van der Waals surface area contributed by atoms with E-state index < -0.39 is 8.07 Å².